The van der Waals surface area contributed by atoms with Crippen molar-refractivity contribution in [2.45, 2.75) is 132 Å². The number of carbonyl (C=O) groups is 2. The van der Waals surface area contributed by atoms with Crippen molar-refractivity contribution in [1.82, 2.24) is 9.47 Å². The third-order valence-corrected chi connectivity index (χ3v) is 9.61. The van der Waals surface area contributed by atoms with Crippen molar-refractivity contribution in [3.05, 3.63) is 51.3 Å². The van der Waals surface area contributed by atoms with Crippen LogP contribution in [0.15, 0.2) is 39.3 Å². The van der Waals surface area contributed by atoms with Gasteiger partial charge in [-0.15, -0.1) is 10.2 Å². The van der Waals surface area contributed by atoms with E-state index in [2.05, 4.69) is 44.8 Å². The summed E-state index contributed by atoms with van der Waals surface area (Å²) in [5, 5.41) is 20.2. The normalized spacial score (nSPS) is 13.5. The summed E-state index contributed by atoms with van der Waals surface area (Å²) in [6, 6.07) is 7.12. The third kappa shape index (κ3) is 11.3. The number of aromatic hydroxyl groups is 1. The number of carbonyl (C=O) groups excluding carboxylic acids is 2. The molecule has 2 amide bonds. The Balaban J connectivity index is 2.60. The first-order chi connectivity index (χ1) is 22.6. The van der Waals surface area contributed by atoms with Crippen LogP contribution in [0.4, 0.5) is 11.4 Å². The molecule has 3 N–H and O–H groups in total. The molecule has 0 saturated heterocycles. The van der Waals surface area contributed by atoms with Gasteiger partial charge in [-0.25, -0.2) is 0 Å². The van der Waals surface area contributed by atoms with Crippen molar-refractivity contribution in [1.29, 1.82) is 0 Å². The molecule has 0 bridgehead atoms. The molecule has 0 aliphatic heterocycles. The molecule has 9 heteroatoms. The van der Waals surface area contributed by atoms with Gasteiger partial charge in [0.2, 0.25) is 5.88 Å². The lowest BCUT2D eigenvalue weighted by atomic mass is 9.95. The molecule has 47 heavy (non-hydrogen) atoms. The molecular formula is C38H61N5O4. The Bertz CT molecular complexity index is 1350. The quantitative estimate of drug-likeness (QED) is 0.123. The molecule has 9 nitrogen and oxygen atoms in total. The van der Waals surface area contributed by atoms with Crippen molar-refractivity contribution in [3.63, 3.8) is 0 Å². The van der Waals surface area contributed by atoms with Gasteiger partial charge >= 0.3 is 0 Å². The SMILES string of the molecule is CCCCC(CC)CN(CC(CC)CCCC)C(=O)c1ccccc1/N=N/c1c(C)c(C(N)=O)c(=O)n(CC(CC)CCCC)c1O. The van der Waals surface area contributed by atoms with Crippen LogP contribution in [0.5, 0.6) is 5.88 Å². The fourth-order valence-electron chi connectivity index (χ4n) is 6.27. The van der Waals surface area contributed by atoms with E-state index in [1.54, 1.807) is 18.2 Å². The number of primary amides is 1. The van der Waals surface area contributed by atoms with E-state index in [1.807, 2.05) is 17.9 Å². The van der Waals surface area contributed by atoms with Crippen LogP contribution in [-0.4, -0.2) is 39.5 Å². The lowest BCUT2D eigenvalue weighted by Gasteiger charge is -2.31. The number of nitrogens with two attached hydrogens (primary N) is 1. The number of azo groups is 1. The summed E-state index contributed by atoms with van der Waals surface area (Å²) < 4.78 is 1.20. The number of nitrogens with zero attached hydrogens (tertiary/aromatic N) is 4. The van der Waals surface area contributed by atoms with Crippen LogP contribution in [0, 0.1) is 24.7 Å². The van der Waals surface area contributed by atoms with Crippen LogP contribution in [0.3, 0.4) is 0 Å². The Labute approximate surface area is 283 Å². The van der Waals surface area contributed by atoms with Gasteiger partial charge < -0.3 is 15.7 Å². The van der Waals surface area contributed by atoms with E-state index in [-0.39, 0.29) is 41.1 Å². The van der Waals surface area contributed by atoms with Gasteiger partial charge in [0.15, 0.2) is 0 Å². The average Bonchev–Trinajstić information content (AvgIpc) is 3.06. The fraction of sp³-hybridized carbons (Fsp3) is 0.658. The van der Waals surface area contributed by atoms with E-state index >= 15 is 0 Å². The molecule has 0 aliphatic carbocycles. The minimum Gasteiger partial charge on any atom is -0.493 e. The first kappa shape index (κ1) is 39.7. The maximum atomic E-state index is 14.3. The van der Waals surface area contributed by atoms with Gasteiger partial charge in [0.25, 0.3) is 17.4 Å². The average molecular weight is 652 g/mol. The molecule has 0 aliphatic rings. The van der Waals surface area contributed by atoms with E-state index in [0.29, 0.717) is 36.2 Å². The highest BCUT2D eigenvalue weighted by Gasteiger charge is 2.26. The second-order valence-corrected chi connectivity index (χ2v) is 13.1. The van der Waals surface area contributed by atoms with Crippen molar-refractivity contribution in [2.75, 3.05) is 13.1 Å². The Morgan fingerprint density at radius 1 is 0.830 bits per heavy atom. The topological polar surface area (TPSA) is 130 Å². The van der Waals surface area contributed by atoms with E-state index in [9.17, 15) is 19.5 Å². The zero-order valence-corrected chi connectivity index (χ0v) is 30.2. The zero-order valence-electron chi connectivity index (χ0n) is 30.2. The zero-order chi connectivity index (χ0) is 34.9. The number of aromatic nitrogens is 1. The molecule has 1 aromatic carbocycles. The number of rotatable bonds is 22. The molecule has 0 spiro atoms. The van der Waals surface area contributed by atoms with Crippen molar-refractivity contribution in [2.24, 2.45) is 33.7 Å². The molecule has 1 aromatic heterocycles. The van der Waals surface area contributed by atoms with Gasteiger partial charge in [-0.3, -0.25) is 19.0 Å². The molecule has 0 radical (unpaired) electrons. The largest absolute Gasteiger partial charge is 0.493 e. The Morgan fingerprint density at radius 2 is 1.34 bits per heavy atom. The summed E-state index contributed by atoms with van der Waals surface area (Å²) in [4.78, 5) is 42.1. The minimum atomic E-state index is -0.882. The molecule has 2 aromatic rings. The summed E-state index contributed by atoms with van der Waals surface area (Å²) in [6.45, 7) is 16.1. The standard InChI is InChI=1S/C38H61N5O4/c1-8-14-19-28(11-4)24-42(25-29(12-5)20-15-9-2)36(45)31-22-17-18-23-32(31)40-41-34-27(7)33(35(39)44)37(46)43(38(34)47)26-30(13-6)21-16-10-3/h17-18,22-23,28-30,47H,8-16,19-21,24-26H2,1-7H3,(H2,39,44)/b41-40+. The molecule has 262 valence electrons. The van der Waals surface area contributed by atoms with Crippen molar-refractivity contribution in [3.8, 4) is 5.88 Å². The second-order valence-electron chi connectivity index (χ2n) is 13.1. The van der Waals surface area contributed by atoms with Crippen LogP contribution in [0.1, 0.15) is 145 Å². The first-order valence-electron chi connectivity index (χ1n) is 18.1. The number of benzene rings is 1. The molecule has 3 atom stereocenters. The minimum absolute atomic E-state index is 0.000854. The molecule has 0 fully saturated rings. The van der Waals surface area contributed by atoms with Crippen molar-refractivity contribution >= 4 is 23.2 Å². The van der Waals surface area contributed by atoms with Gasteiger partial charge in [-0.2, -0.15) is 0 Å². The smallest absolute Gasteiger partial charge is 0.266 e. The summed E-state index contributed by atoms with van der Waals surface area (Å²) in [7, 11) is 0. The molecule has 0 saturated carbocycles. The van der Waals surface area contributed by atoms with Crippen molar-refractivity contribution < 1.29 is 14.7 Å². The first-order valence-corrected chi connectivity index (χ1v) is 18.1. The predicted octanol–water partition coefficient (Wildman–Crippen LogP) is 9.47. The number of unbranched alkanes of at least 4 members (excludes halogenated alkanes) is 3. The highest BCUT2D eigenvalue weighted by molar-refractivity contribution is 5.99. The highest BCUT2D eigenvalue weighted by atomic mass is 16.3. The van der Waals surface area contributed by atoms with E-state index in [0.717, 1.165) is 77.0 Å². The lowest BCUT2D eigenvalue weighted by Crippen LogP contribution is -2.39. The number of pyridine rings is 1. The maximum Gasteiger partial charge on any atom is 0.266 e. The molecule has 2 rings (SSSR count). The Hall–Kier alpha value is -3.49. The molecule has 1 heterocycles. The van der Waals surface area contributed by atoms with E-state index < -0.39 is 11.5 Å². The van der Waals surface area contributed by atoms with Crippen LogP contribution >= 0.6 is 0 Å². The van der Waals surface area contributed by atoms with E-state index in [4.69, 9.17) is 5.73 Å². The van der Waals surface area contributed by atoms with Gasteiger partial charge in [0.05, 0.1) is 11.3 Å². The summed E-state index contributed by atoms with van der Waals surface area (Å²) in [5.41, 5.74) is 5.76. The number of hydrogen-bond donors (Lipinski definition) is 2. The van der Waals surface area contributed by atoms with Crippen LogP contribution < -0.4 is 11.3 Å². The molecule has 3 unspecified atom stereocenters. The van der Waals surface area contributed by atoms with Gasteiger partial charge in [-0.1, -0.05) is 111 Å². The van der Waals surface area contributed by atoms with Crippen LogP contribution in [0.2, 0.25) is 0 Å². The van der Waals surface area contributed by atoms with Gasteiger partial charge in [0, 0.05) is 25.2 Å². The summed E-state index contributed by atoms with van der Waals surface area (Å²) in [5.74, 6) is -0.376. The van der Waals surface area contributed by atoms with Gasteiger partial charge in [0.1, 0.15) is 11.3 Å². The summed E-state index contributed by atoms with van der Waals surface area (Å²) in [6.07, 6.45) is 12.4. The fourth-order valence-corrected chi connectivity index (χ4v) is 6.27. The second kappa shape index (κ2) is 20.7. The third-order valence-electron chi connectivity index (χ3n) is 9.61. The number of hydrogen-bond acceptors (Lipinski definition) is 6. The lowest BCUT2D eigenvalue weighted by molar-refractivity contribution is 0.0685. The maximum absolute atomic E-state index is 14.3. The van der Waals surface area contributed by atoms with E-state index in [1.165, 1.54) is 11.5 Å². The van der Waals surface area contributed by atoms with Crippen LogP contribution in [-0.2, 0) is 6.54 Å². The Morgan fingerprint density at radius 3 is 1.83 bits per heavy atom. The monoisotopic (exact) mass is 651 g/mol. The molecular weight excluding hydrogens is 590 g/mol. The predicted molar refractivity (Wildman–Crippen MR) is 192 cm³/mol. The highest BCUT2D eigenvalue weighted by Crippen LogP contribution is 2.34. The van der Waals surface area contributed by atoms with Crippen LogP contribution in [0.25, 0.3) is 0 Å². The number of amides is 2. The van der Waals surface area contributed by atoms with Gasteiger partial charge in [-0.05, 0) is 56.1 Å². The summed E-state index contributed by atoms with van der Waals surface area (Å²) >= 11 is 0. The Kier molecular flexibility index (Phi) is 17.5.